The van der Waals surface area contributed by atoms with Crippen LogP contribution in [0.3, 0.4) is 0 Å². The number of rotatable bonds is 3. The van der Waals surface area contributed by atoms with Crippen LogP contribution in [-0.2, 0) is 4.74 Å². The smallest absolute Gasteiger partial charge is 0.345 e. The Balaban J connectivity index is 1.96. The van der Waals surface area contributed by atoms with E-state index >= 15 is 0 Å². The zero-order chi connectivity index (χ0) is 18.0. The third kappa shape index (κ3) is 3.98. The molecule has 0 spiro atoms. The topological polar surface area (TPSA) is 51.5 Å². The number of aryl methyl sites for hydroxylation is 1. The van der Waals surface area contributed by atoms with Crippen LogP contribution in [0.4, 0.5) is 0 Å². The Labute approximate surface area is 161 Å². The van der Waals surface area contributed by atoms with E-state index in [1.165, 1.54) is 0 Å². The molecule has 1 aliphatic rings. The van der Waals surface area contributed by atoms with Crippen LogP contribution in [-0.4, -0.2) is 16.7 Å². The Hall–Kier alpha value is -2.02. The number of halogens is 1. The molecular weight excluding hydrogens is 427 g/mol. The van der Waals surface area contributed by atoms with Crippen LogP contribution in [0.5, 0.6) is 0 Å². The number of hydrogen-bond donors (Lipinski definition) is 0. The number of hydrogen-bond acceptors (Lipinski definition) is 4. The van der Waals surface area contributed by atoms with Crippen LogP contribution >= 0.6 is 22.6 Å². The van der Waals surface area contributed by atoms with Crippen molar-refractivity contribution in [2.45, 2.75) is 33.1 Å². The summed E-state index contributed by atoms with van der Waals surface area (Å²) in [4.78, 5) is 21.4. The molecule has 0 bridgehead atoms. The maximum Gasteiger partial charge on any atom is 0.345 e. The number of aromatic nitrogens is 1. The second-order valence-corrected chi connectivity index (χ2v) is 7.38. The summed E-state index contributed by atoms with van der Waals surface area (Å²) >= 11 is 2.30. The van der Waals surface area contributed by atoms with E-state index in [1.54, 1.807) is 25.3 Å². The number of ether oxygens (including phenoxy) is 1. The molecule has 0 radical (unpaired) electrons. The van der Waals surface area contributed by atoms with Crippen LogP contribution in [0.1, 0.15) is 47.8 Å². The Kier molecular flexibility index (Phi) is 5.32. The maximum absolute atomic E-state index is 12.7. The zero-order valence-corrected chi connectivity index (χ0v) is 16.6. The van der Waals surface area contributed by atoms with Gasteiger partial charge >= 0.3 is 5.97 Å². The van der Waals surface area contributed by atoms with E-state index in [4.69, 9.17) is 4.74 Å². The van der Waals surface area contributed by atoms with Crippen molar-refractivity contribution in [2.75, 3.05) is 0 Å². The summed E-state index contributed by atoms with van der Waals surface area (Å²) in [6.45, 7) is 5.70. The first kappa shape index (κ1) is 17.8. The molecule has 128 valence electrons. The highest BCUT2D eigenvalue weighted by Gasteiger charge is 2.28. The van der Waals surface area contributed by atoms with Crippen LogP contribution in [0.15, 0.2) is 59.0 Å². The molecule has 5 heteroatoms. The van der Waals surface area contributed by atoms with Crippen molar-refractivity contribution in [3.05, 3.63) is 74.4 Å². The highest BCUT2D eigenvalue weighted by atomic mass is 127. The highest BCUT2D eigenvalue weighted by molar-refractivity contribution is 14.1. The van der Waals surface area contributed by atoms with Crippen molar-refractivity contribution >= 4 is 34.3 Å². The van der Waals surface area contributed by atoms with Gasteiger partial charge in [-0.05, 0) is 79.6 Å². The van der Waals surface area contributed by atoms with Gasteiger partial charge in [-0.15, -0.1) is 0 Å². The molecule has 2 heterocycles. The predicted molar refractivity (Wildman–Crippen MR) is 107 cm³/mol. The van der Waals surface area contributed by atoms with Crippen molar-refractivity contribution in [1.82, 2.24) is 4.98 Å². The average molecular weight is 446 g/mol. The Bertz CT molecular complexity index is 887. The maximum atomic E-state index is 12.7. The fourth-order valence-corrected chi connectivity index (χ4v) is 3.59. The minimum atomic E-state index is -0.384. The van der Waals surface area contributed by atoms with Gasteiger partial charge in [0.1, 0.15) is 5.76 Å². The molecule has 0 saturated carbocycles. The second kappa shape index (κ2) is 7.47. The number of carbonyl (C=O) groups is 1. The Morgan fingerprint density at radius 3 is 2.72 bits per heavy atom. The van der Waals surface area contributed by atoms with E-state index < -0.39 is 0 Å². The Morgan fingerprint density at radius 2 is 2.00 bits per heavy atom. The van der Waals surface area contributed by atoms with E-state index in [9.17, 15) is 4.79 Å². The van der Waals surface area contributed by atoms with Crippen molar-refractivity contribution in [1.29, 1.82) is 0 Å². The minimum Gasteiger partial charge on any atom is -0.425 e. The van der Waals surface area contributed by atoms with Gasteiger partial charge in [0.25, 0.3) is 0 Å². The third-order valence-electron chi connectivity index (χ3n) is 4.21. The van der Waals surface area contributed by atoms with Gasteiger partial charge in [-0.25, -0.2) is 4.79 Å². The summed E-state index contributed by atoms with van der Waals surface area (Å²) in [5.74, 6) is 0.235. The lowest BCUT2D eigenvalue weighted by Gasteiger charge is -2.25. The lowest BCUT2D eigenvalue weighted by molar-refractivity contribution is 0.0597. The van der Waals surface area contributed by atoms with Crippen molar-refractivity contribution < 1.29 is 9.53 Å². The lowest BCUT2D eigenvalue weighted by Crippen LogP contribution is -2.19. The molecule has 1 aromatic carbocycles. The third-order valence-corrected chi connectivity index (χ3v) is 4.88. The minimum absolute atomic E-state index is 0.00635. The first-order valence-electron chi connectivity index (χ1n) is 8.10. The summed E-state index contributed by atoms with van der Waals surface area (Å²) in [5.41, 5.74) is 4.06. The van der Waals surface area contributed by atoms with Crippen LogP contribution in [0.2, 0.25) is 0 Å². The molecule has 1 atom stereocenters. The van der Waals surface area contributed by atoms with E-state index in [0.717, 1.165) is 27.0 Å². The van der Waals surface area contributed by atoms with E-state index in [2.05, 4.69) is 50.8 Å². The summed E-state index contributed by atoms with van der Waals surface area (Å²) in [5, 5.41) is 0. The summed E-state index contributed by atoms with van der Waals surface area (Å²) in [6.07, 6.45) is 2.41. The molecule has 2 aromatic rings. The van der Waals surface area contributed by atoms with Crippen molar-refractivity contribution in [2.24, 2.45) is 4.99 Å². The van der Waals surface area contributed by atoms with E-state index in [0.29, 0.717) is 17.0 Å². The summed E-state index contributed by atoms with van der Waals surface area (Å²) < 4.78 is 6.97. The molecule has 1 aliphatic heterocycles. The largest absolute Gasteiger partial charge is 0.425 e. The van der Waals surface area contributed by atoms with E-state index in [1.807, 2.05) is 19.9 Å². The van der Waals surface area contributed by atoms with Gasteiger partial charge in [0.05, 0.1) is 17.0 Å². The summed E-state index contributed by atoms with van der Waals surface area (Å²) in [6, 6.07) is 11.7. The number of allylic oxidation sites excluding steroid dienone is 2. The van der Waals surface area contributed by atoms with Crippen molar-refractivity contribution in [3.8, 4) is 0 Å². The molecule has 0 saturated heterocycles. The quantitative estimate of drug-likeness (QED) is 0.491. The van der Waals surface area contributed by atoms with Gasteiger partial charge in [0.15, 0.2) is 0 Å². The standard InChI is InChI=1S/C20H19IN2O2/c1-12-10-18(15-6-4-7-16(21)11-15)19(14(3)23-12)25-20(24)17-8-5-9-22-13(17)2/h4-9,11,18H,10H2,1-3H3. The first-order chi connectivity index (χ1) is 12.0. The van der Waals surface area contributed by atoms with Crippen LogP contribution < -0.4 is 0 Å². The SMILES string of the molecule is CC1=NC(C)=C(OC(=O)c2cccnc2C)C(c2cccc(I)c2)C1. The molecule has 25 heavy (non-hydrogen) atoms. The Morgan fingerprint density at radius 1 is 1.20 bits per heavy atom. The van der Waals surface area contributed by atoms with E-state index in [-0.39, 0.29) is 11.9 Å². The van der Waals surface area contributed by atoms with Crippen molar-refractivity contribution in [3.63, 3.8) is 0 Å². The number of benzene rings is 1. The molecule has 3 rings (SSSR count). The van der Waals surface area contributed by atoms with Crippen LogP contribution in [0, 0.1) is 10.5 Å². The predicted octanol–water partition coefficient (Wildman–Crippen LogP) is 5.03. The molecule has 0 amide bonds. The normalized spacial score (nSPS) is 17.3. The number of nitrogens with zero attached hydrogens (tertiary/aromatic N) is 2. The van der Waals surface area contributed by atoms with Gasteiger partial charge in [-0.3, -0.25) is 9.98 Å². The lowest BCUT2D eigenvalue weighted by atomic mass is 9.89. The van der Waals surface area contributed by atoms with Crippen LogP contribution in [0.25, 0.3) is 0 Å². The molecule has 1 aromatic heterocycles. The van der Waals surface area contributed by atoms with Gasteiger partial charge in [0.2, 0.25) is 0 Å². The molecule has 1 unspecified atom stereocenters. The number of esters is 1. The molecule has 0 fully saturated rings. The number of aliphatic imine (C=N–C) groups is 1. The molecule has 0 N–H and O–H groups in total. The zero-order valence-electron chi connectivity index (χ0n) is 14.4. The number of carbonyl (C=O) groups excluding carboxylic acids is 1. The molecular formula is C20H19IN2O2. The number of pyridine rings is 1. The monoisotopic (exact) mass is 446 g/mol. The molecule has 0 aliphatic carbocycles. The molecule has 4 nitrogen and oxygen atoms in total. The second-order valence-electron chi connectivity index (χ2n) is 6.13. The highest BCUT2D eigenvalue weighted by Crippen LogP contribution is 2.36. The average Bonchev–Trinajstić information content (AvgIpc) is 2.57. The van der Waals surface area contributed by atoms with Gasteiger partial charge in [-0.1, -0.05) is 12.1 Å². The van der Waals surface area contributed by atoms with Gasteiger partial charge in [-0.2, -0.15) is 0 Å². The van der Waals surface area contributed by atoms with Gasteiger partial charge < -0.3 is 4.74 Å². The van der Waals surface area contributed by atoms with Gasteiger partial charge in [0, 0.05) is 21.4 Å². The fourth-order valence-electron chi connectivity index (χ4n) is 3.02. The first-order valence-corrected chi connectivity index (χ1v) is 9.17. The summed E-state index contributed by atoms with van der Waals surface area (Å²) in [7, 11) is 0. The fraction of sp³-hybridized carbons (Fsp3) is 0.250.